The van der Waals surface area contributed by atoms with Gasteiger partial charge in [0.25, 0.3) is 0 Å². The number of phosphoric acid groups is 1. The van der Waals surface area contributed by atoms with Crippen molar-refractivity contribution < 1.29 is 52.2 Å². The van der Waals surface area contributed by atoms with Gasteiger partial charge in [-0.2, -0.15) is 0 Å². The van der Waals surface area contributed by atoms with E-state index in [1.807, 2.05) is 0 Å². The first-order chi connectivity index (χ1) is 34.2. The first-order valence-electron chi connectivity index (χ1n) is 28.5. The number of hydrogen-bond acceptors (Lipinski definition) is 10. The lowest BCUT2D eigenvalue weighted by molar-refractivity contribution is -0.161. The number of carbonyl (C=O) groups is 3. The van der Waals surface area contributed by atoms with Gasteiger partial charge in [0.05, 0.1) is 19.8 Å². The van der Waals surface area contributed by atoms with Crippen LogP contribution in [0.25, 0.3) is 0 Å². The van der Waals surface area contributed by atoms with Gasteiger partial charge in [0.15, 0.2) is 6.10 Å². The summed E-state index contributed by atoms with van der Waals surface area (Å²) in [7, 11) is -4.74. The first kappa shape index (κ1) is 67.4. The van der Waals surface area contributed by atoms with Crippen LogP contribution in [-0.2, 0) is 42.2 Å². The number of aliphatic hydroxyl groups is 1. The summed E-state index contributed by atoms with van der Waals surface area (Å²) in [6.07, 6.45) is 55.0. The molecule has 408 valence electrons. The van der Waals surface area contributed by atoms with Crippen molar-refractivity contribution in [1.29, 1.82) is 0 Å². The highest BCUT2D eigenvalue weighted by atomic mass is 31.2. The molecular weight excluding hydrogens is 904 g/mol. The largest absolute Gasteiger partial charge is 0.472 e. The number of unbranched alkanes of at least 4 members (excludes halogenated alkanes) is 28. The van der Waals surface area contributed by atoms with Gasteiger partial charge in [-0.3, -0.25) is 23.4 Å². The Kier molecular flexibility index (Phi) is 50.8. The van der Waals surface area contributed by atoms with E-state index in [1.54, 1.807) is 0 Å². The second-order valence-electron chi connectivity index (χ2n) is 19.1. The molecule has 0 bridgehead atoms. The highest BCUT2D eigenvalue weighted by Gasteiger charge is 2.28. The average Bonchev–Trinajstić information content (AvgIpc) is 3.35. The molecule has 2 N–H and O–H groups in total. The van der Waals surface area contributed by atoms with E-state index in [1.165, 1.54) is 103 Å². The Labute approximate surface area is 428 Å². The van der Waals surface area contributed by atoms with Gasteiger partial charge in [0.1, 0.15) is 12.7 Å². The summed E-state index contributed by atoms with van der Waals surface area (Å²) >= 11 is 0. The monoisotopic (exact) mass is 1010 g/mol. The molecule has 12 heteroatoms. The van der Waals surface area contributed by atoms with Gasteiger partial charge >= 0.3 is 25.7 Å². The lowest BCUT2D eigenvalue weighted by Gasteiger charge is -2.21. The molecule has 0 aliphatic carbocycles. The van der Waals surface area contributed by atoms with Crippen LogP contribution in [0.1, 0.15) is 265 Å². The molecule has 70 heavy (non-hydrogen) atoms. The van der Waals surface area contributed by atoms with Gasteiger partial charge in [-0.05, 0) is 57.8 Å². The molecule has 0 fully saturated rings. The summed E-state index contributed by atoms with van der Waals surface area (Å²) in [5.74, 6) is -1.47. The highest BCUT2D eigenvalue weighted by molar-refractivity contribution is 7.47. The minimum atomic E-state index is -4.74. The molecule has 0 amide bonds. The number of allylic oxidation sites excluding steroid dienone is 8. The molecule has 0 aromatic rings. The maximum Gasteiger partial charge on any atom is 0.472 e. The van der Waals surface area contributed by atoms with Crippen LogP contribution < -0.4 is 0 Å². The van der Waals surface area contributed by atoms with Crippen LogP contribution in [0.2, 0.25) is 0 Å². The molecule has 3 atom stereocenters. The van der Waals surface area contributed by atoms with Gasteiger partial charge < -0.3 is 24.2 Å². The van der Waals surface area contributed by atoms with Gasteiger partial charge in [-0.1, -0.05) is 236 Å². The summed E-state index contributed by atoms with van der Waals surface area (Å²) in [5.41, 5.74) is 0. The van der Waals surface area contributed by atoms with Crippen LogP contribution in [0, 0.1) is 0 Å². The summed E-state index contributed by atoms with van der Waals surface area (Å²) in [5, 5.41) is 9.78. The first-order valence-corrected chi connectivity index (χ1v) is 30.0. The van der Waals surface area contributed by atoms with Gasteiger partial charge in [-0.25, -0.2) is 4.57 Å². The van der Waals surface area contributed by atoms with Crippen LogP contribution in [0.5, 0.6) is 0 Å². The highest BCUT2D eigenvalue weighted by Crippen LogP contribution is 2.43. The molecule has 11 nitrogen and oxygen atoms in total. The van der Waals surface area contributed by atoms with E-state index in [4.69, 9.17) is 23.3 Å². The molecular formula is C58H105O11P. The predicted molar refractivity (Wildman–Crippen MR) is 289 cm³/mol. The maximum atomic E-state index is 12.9. The van der Waals surface area contributed by atoms with Crippen LogP contribution in [0.3, 0.4) is 0 Å². The molecule has 0 aliphatic rings. The minimum Gasteiger partial charge on any atom is -0.462 e. The normalized spacial score (nSPS) is 13.7. The topological polar surface area (TPSA) is 155 Å². The standard InChI is InChI=1S/C58H105O11P/c1-4-7-10-13-16-19-22-24-25-26-27-28-29-31-33-35-38-41-44-47-56(60)65-51-55(69-58(62)49-46-43-40-37-34-30-23-20-17-14-11-8-5-2)53-67-70(63,64)66-52-54(50-59)68-57(61)48-45-42-39-36-32-21-18-15-12-9-6-3/h7,10,16,19,24-25,27-28,54-55,59H,4-6,8-9,11-15,17-18,20-23,26,29-53H2,1-3H3,(H,63,64)/b10-7-,19-16-,25-24-,28-27-. The lowest BCUT2D eigenvalue weighted by atomic mass is 10.0. The maximum absolute atomic E-state index is 12.9. The van der Waals surface area contributed by atoms with E-state index in [-0.39, 0.29) is 25.9 Å². The molecule has 0 saturated heterocycles. The zero-order valence-electron chi connectivity index (χ0n) is 45.0. The third-order valence-corrected chi connectivity index (χ3v) is 13.2. The van der Waals surface area contributed by atoms with Crippen molar-refractivity contribution in [2.75, 3.05) is 26.4 Å². The second kappa shape index (κ2) is 52.8. The van der Waals surface area contributed by atoms with Gasteiger partial charge in [0, 0.05) is 19.3 Å². The van der Waals surface area contributed by atoms with Gasteiger partial charge in [0.2, 0.25) is 0 Å². The van der Waals surface area contributed by atoms with Crippen molar-refractivity contribution in [2.45, 2.75) is 277 Å². The average molecular weight is 1010 g/mol. The second-order valence-corrected chi connectivity index (χ2v) is 20.5. The number of rotatable bonds is 53. The summed E-state index contributed by atoms with van der Waals surface area (Å²) < 4.78 is 39.5. The molecule has 0 saturated carbocycles. The predicted octanol–water partition coefficient (Wildman–Crippen LogP) is 16.6. The zero-order valence-corrected chi connectivity index (χ0v) is 45.9. The van der Waals surface area contributed by atoms with E-state index < -0.39 is 57.8 Å². The van der Waals surface area contributed by atoms with E-state index in [0.717, 1.165) is 103 Å². The van der Waals surface area contributed by atoms with Crippen molar-refractivity contribution in [3.63, 3.8) is 0 Å². The number of carbonyl (C=O) groups excluding carboxylic acids is 3. The van der Waals surface area contributed by atoms with Crippen LogP contribution in [-0.4, -0.2) is 66.5 Å². The Morgan fingerprint density at radius 1 is 0.414 bits per heavy atom. The summed E-state index contributed by atoms with van der Waals surface area (Å²) in [6, 6.07) is 0. The number of phosphoric ester groups is 1. The lowest BCUT2D eigenvalue weighted by Crippen LogP contribution is -2.30. The molecule has 3 unspecified atom stereocenters. The van der Waals surface area contributed by atoms with Gasteiger partial charge in [-0.15, -0.1) is 0 Å². The fourth-order valence-electron chi connectivity index (χ4n) is 7.94. The van der Waals surface area contributed by atoms with Crippen molar-refractivity contribution in [3.05, 3.63) is 48.6 Å². The molecule has 0 radical (unpaired) electrons. The van der Waals surface area contributed by atoms with E-state index >= 15 is 0 Å². The van der Waals surface area contributed by atoms with E-state index in [2.05, 4.69) is 69.4 Å². The van der Waals surface area contributed by atoms with Crippen LogP contribution >= 0.6 is 7.82 Å². The molecule has 0 spiro atoms. The molecule has 0 aromatic heterocycles. The smallest absolute Gasteiger partial charge is 0.462 e. The Morgan fingerprint density at radius 3 is 1.14 bits per heavy atom. The number of ether oxygens (including phenoxy) is 3. The molecule has 0 aliphatic heterocycles. The van der Waals surface area contributed by atoms with E-state index in [0.29, 0.717) is 19.3 Å². The van der Waals surface area contributed by atoms with Crippen LogP contribution in [0.4, 0.5) is 0 Å². The summed E-state index contributed by atoms with van der Waals surface area (Å²) in [6.45, 7) is 4.53. The number of esters is 3. The van der Waals surface area contributed by atoms with E-state index in [9.17, 15) is 28.9 Å². The number of hydrogen-bond donors (Lipinski definition) is 2. The Hall–Kier alpha value is -2.56. The Bertz CT molecular complexity index is 1360. The Balaban J connectivity index is 4.70. The fraction of sp³-hybridized carbons (Fsp3) is 0.810. The molecule has 0 aromatic carbocycles. The van der Waals surface area contributed by atoms with Crippen molar-refractivity contribution in [3.8, 4) is 0 Å². The quantitative estimate of drug-likeness (QED) is 0.0197. The number of aliphatic hydroxyl groups excluding tert-OH is 1. The SMILES string of the molecule is CC/C=C\C/C=C\C/C=C\C/C=C\CCCCCCCCC(=O)OCC(COP(=O)(O)OCC(CO)OC(=O)CCCCCCCCCCCCC)OC(=O)CCCCCCCCCCCCCCC. The minimum absolute atomic E-state index is 0.168. The molecule has 0 heterocycles. The molecule has 0 rings (SSSR count). The van der Waals surface area contributed by atoms with Crippen LogP contribution in [0.15, 0.2) is 48.6 Å². The van der Waals surface area contributed by atoms with Crippen molar-refractivity contribution in [2.24, 2.45) is 0 Å². The summed E-state index contributed by atoms with van der Waals surface area (Å²) in [4.78, 5) is 48.4. The zero-order chi connectivity index (χ0) is 51.3. The fourth-order valence-corrected chi connectivity index (χ4v) is 8.72. The third-order valence-electron chi connectivity index (χ3n) is 12.3. The third kappa shape index (κ3) is 50.4. The van der Waals surface area contributed by atoms with Crippen molar-refractivity contribution >= 4 is 25.7 Å². The van der Waals surface area contributed by atoms with Crippen molar-refractivity contribution in [1.82, 2.24) is 0 Å². The Morgan fingerprint density at radius 2 is 0.743 bits per heavy atom.